The van der Waals surface area contributed by atoms with E-state index in [1.165, 1.54) is 4.68 Å². The van der Waals surface area contributed by atoms with E-state index in [0.29, 0.717) is 35.0 Å². The molecule has 0 radical (unpaired) electrons. The van der Waals surface area contributed by atoms with Crippen LogP contribution in [-0.4, -0.2) is 26.5 Å². The first-order chi connectivity index (χ1) is 14.0. The number of fused-ring (bicyclic) bond motifs is 1. The molecule has 0 aliphatic carbocycles. The summed E-state index contributed by atoms with van der Waals surface area (Å²) >= 11 is 0. The molecule has 1 heterocycles. The molecule has 1 amide bonds. The second-order valence-corrected chi connectivity index (χ2v) is 6.80. The van der Waals surface area contributed by atoms with E-state index in [1.807, 2.05) is 26.8 Å². The number of phenols is 1. The maximum absolute atomic E-state index is 12.9. The van der Waals surface area contributed by atoms with Crippen LogP contribution in [-0.2, 0) is 6.54 Å². The number of nitrogens with zero attached hydrogens (tertiary/aromatic N) is 3. The maximum Gasteiger partial charge on any atom is 0.292 e. The lowest BCUT2D eigenvalue weighted by Crippen LogP contribution is -2.29. The molecule has 29 heavy (non-hydrogen) atoms. The molecule has 3 aromatic rings. The van der Waals surface area contributed by atoms with Crippen LogP contribution in [0.4, 0.5) is 0 Å². The molecule has 0 aliphatic rings. The van der Waals surface area contributed by atoms with E-state index in [0.717, 1.165) is 12.0 Å². The number of carbonyl (C=O) groups is 1. The zero-order valence-corrected chi connectivity index (χ0v) is 16.8. The molecule has 1 aromatic heterocycles. The van der Waals surface area contributed by atoms with Crippen LogP contribution in [0.25, 0.3) is 10.8 Å². The molecule has 2 N–H and O–H groups in total. The molecule has 0 aliphatic heterocycles. The van der Waals surface area contributed by atoms with E-state index in [9.17, 15) is 14.7 Å². The number of nitrogens with one attached hydrogen (secondary N) is 1. The average Bonchev–Trinajstić information content (AvgIpc) is 2.73. The Hall–Kier alpha value is -3.48. The van der Waals surface area contributed by atoms with Gasteiger partial charge in [0.2, 0.25) is 0 Å². The maximum atomic E-state index is 12.9. The molecule has 0 saturated heterocycles. The van der Waals surface area contributed by atoms with Gasteiger partial charge in [-0.1, -0.05) is 43.7 Å². The van der Waals surface area contributed by atoms with Gasteiger partial charge in [-0.05, 0) is 38.0 Å². The summed E-state index contributed by atoms with van der Waals surface area (Å²) in [5, 5.41) is 19.6. The fourth-order valence-electron chi connectivity index (χ4n) is 3.15. The van der Waals surface area contributed by atoms with Crippen LogP contribution in [0, 0.1) is 6.92 Å². The van der Waals surface area contributed by atoms with Gasteiger partial charge in [0.25, 0.3) is 11.5 Å². The van der Waals surface area contributed by atoms with E-state index in [1.54, 1.807) is 36.4 Å². The topological polar surface area (TPSA) is 96.6 Å². The predicted molar refractivity (Wildman–Crippen MR) is 113 cm³/mol. The van der Waals surface area contributed by atoms with Crippen LogP contribution in [0.3, 0.4) is 0 Å². The Morgan fingerprint density at radius 1 is 1.17 bits per heavy atom. The van der Waals surface area contributed by atoms with Crippen LogP contribution >= 0.6 is 0 Å². The summed E-state index contributed by atoms with van der Waals surface area (Å²) < 4.78 is 1.31. The molecule has 0 spiro atoms. The number of phenolic OH excluding ortho intramolecular Hbond substituents is 1. The van der Waals surface area contributed by atoms with E-state index in [2.05, 4.69) is 15.6 Å². The molecule has 0 bridgehead atoms. The summed E-state index contributed by atoms with van der Waals surface area (Å²) in [6.07, 6.45) is 1.23. The van der Waals surface area contributed by atoms with Crippen molar-refractivity contribution in [3.05, 3.63) is 69.6 Å². The Balaban J connectivity index is 2.01. The van der Waals surface area contributed by atoms with Crippen LogP contribution in [0.15, 0.2) is 52.4 Å². The van der Waals surface area contributed by atoms with Crippen LogP contribution in [0.2, 0.25) is 0 Å². The number of aryl methyl sites for hydroxylation is 2. The van der Waals surface area contributed by atoms with Crippen molar-refractivity contribution in [3.63, 3.8) is 0 Å². The van der Waals surface area contributed by atoms with Gasteiger partial charge in [0, 0.05) is 17.5 Å². The molecule has 0 unspecified atom stereocenters. The number of hydrogen-bond acceptors (Lipinski definition) is 5. The van der Waals surface area contributed by atoms with Gasteiger partial charge in [-0.25, -0.2) is 10.1 Å². The third kappa shape index (κ3) is 4.18. The molecular weight excluding hydrogens is 368 g/mol. The largest absolute Gasteiger partial charge is 0.507 e. The van der Waals surface area contributed by atoms with Crippen molar-refractivity contribution in [1.82, 2.24) is 15.2 Å². The molecule has 3 rings (SSSR count). The van der Waals surface area contributed by atoms with Crippen LogP contribution in [0.1, 0.15) is 48.3 Å². The van der Waals surface area contributed by atoms with E-state index in [4.69, 9.17) is 0 Å². The lowest BCUT2D eigenvalue weighted by molar-refractivity contribution is 0.0949. The minimum absolute atomic E-state index is 0.102. The van der Waals surface area contributed by atoms with Crippen molar-refractivity contribution in [1.29, 1.82) is 0 Å². The molecule has 150 valence electrons. The SMILES string of the molecule is CCCn1nc(C(=O)N/N=C(\CC)c2cc(C)ccc2O)c2ccccc2c1=O. The number of carbonyl (C=O) groups excluding carboxylic acids is 1. The second-order valence-electron chi connectivity index (χ2n) is 6.80. The lowest BCUT2D eigenvalue weighted by Gasteiger charge is -2.11. The zero-order valence-electron chi connectivity index (χ0n) is 16.8. The van der Waals surface area contributed by atoms with Gasteiger partial charge >= 0.3 is 0 Å². The standard InChI is InChI=1S/C22H24N4O3/c1-4-12-26-22(29)16-9-7-6-8-15(16)20(25-26)21(28)24-23-18(5-2)17-13-14(3)10-11-19(17)27/h6-11,13,27H,4-5,12H2,1-3H3,(H,24,28)/b23-18+. The Kier molecular flexibility index (Phi) is 6.07. The zero-order chi connectivity index (χ0) is 21.0. The minimum Gasteiger partial charge on any atom is -0.507 e. The van der Waals surface area contributed by atoms with Gasteiger partial charge in [-0.15, -0.1) is 0 Å². The summed E-state index contributed by atoms with van der Waals surface area (Å²) in [5.74, 6) is -0.408. The molecule has 0 fully saturated rings. The number of aromatic nitrogens is 2. The average molecular weight is 392 g/mol. The highest BCUT2D eigenvalue weighted by atomic mass is 16.3. The number of rotatable bonds is 6. The van der Waals surface area contributed by atoms with Gasteiger partial charge in [0.05, 0.1) is 11.1 Å². The molecule has 2 aromatic carbocycles. The fraction of sp³-hybridized carbons (Fsp3) is 0.273. The Labute approximate surface area is 168 Å². The minimum atomic E-state index is -0.510. The summed E-state index contributed by atoms with van der Waals surface area (Å²) in [7, 11) is 0. The smallest absolute Gasteiger partial charge is 0.292 e. The molecule has 7 heteroatoms. The highest BCUT2D eigenvalue weighted by Crippen LogP contribution is 2.20. The number of hydrazone groups is 1. The van der Waals surface area contributed by atoms with Crippen molar-refractivity contribution in [2.45, 2.75) is 40.2 Å². The van der Waals surface area contributed by atoms with Crippen LogP contribution < -0.4 is 11.0 Å². The van der Waals surface area contributed by atoms with Crippen molar-refractivity contribution in [2.24, 2.45) is 5.10 Å². The van der Waals surface area contributed by atoms with Crippen molar-refractivity contribution >= 4 is 22.4 Å². The molecule has 7 nitrogen and oxygen atoms in total. The number of amides is 1. The first kappa shape index (κ1) is 20.3. The summed E-state index contributed by atoms with van der Waals surface area (Å²) in [6.45, 7) is 6.17. The van der Waals surface area contributed by atoms with Crippen molar-refractivity contribution < 1.29 is 9.90 Å². The fourth-order valence-corrected chi connectivity index (χ4v) is 3.15. The first-order valence-corrected chi connectivity index (χ1v) is 9.63. The van der Waals surface area contributed by atoms with Gasteiger partial charge < -0.3 is 5.11 Å². The lowest BCUT2D eigenvalue weighted by atomic mass is 10.0. The quantitative estimate of drug-likeness (QED) is 0.496. The van der Waals surface area contributed by atoms with Crippen molar-refractivity contribution in [2.75, 3.05) is 0 Å². The highest BCUT2D eigenvalue weighted by Gasteiger charge is 2.17. The monoisotopic (exact) mass is 392 g/mol. The van der Waals surface area contributed by atoms with E-state index >= 15 is 0 Å². The number of benzene rings is 2. The number of hydrogen-bond donors (Lipinski definition) is 2. The van der Waals surface area contributed by atoms with Gasteiger partial charge in [0.1, 0.15) is 5.75 Å². The Morgan fingerprint density at radius 2 is 1.90 bits per heavy atom. The third-order valence-corrected chi connectivity index (χ3v) is 4.61. The van der Waals surface area contributed by atoms with E-state index in [-0.39, 0.29) is 17.0 Å². The van der Waals surface area contributed by atoms with E-state index < -0.39 is 5.91 Å². The second kappa shape index (κ2) is 8.68. The third-order valence-electron chi connectivity index (χ3n) is 4.61. The summed E-state index contributed by atoms with van der Waals surface area (Å²) in [5.41, 5.74) is 4.55. The predicted octanol–water partition coefficient (Wildman–Crippen LogP) is 3.36. The normalized spacial score (nSPS) is 11.6. The van der Waals surface area contributed by atoms with Crippen molar-refractivity contribution in [3.8, 4) is 5.75 Å². The Bertz CT molecular complexity index is 1150. The molecular formula is C22H24N4O3. The first-order valence-electron chi connectivity index (χ1n) is 9.63. The molecule has 0 atom stereocenters. The summed E-state index contributed by atoms with van der Waals surface area (Å²) in [4.78, 5) is 25.4. The number of aromatic hydroxyl groups is 1. The van der Waals surface area contributed by atoms with Crippen LogP contribution in [0.5, 0.6) is 5.75 Å². The van der Waals surface area contributed by atoms with Gasteiger partial charge in [0.15, 0.2) is 5.69 Å². The highest BCUT2D eigenvalue weighted by molar-refractivity contribution is 6.07. The summed E-state index contributed by atoms with van der Waals surface area (Å²) in [6, 6.07) is 12.1. The molecule has 0 saturated carbocycles. The Morgan fingerprint density at radius 3 is 2.59 bits per heavy atom. The van der Waals surface area contributed by atoms with Gasteiger partial charge in [-0.3, -0.25) is 9.59 Å². The van der Waals surface area contributed by atoms with Gasteiger partial charge in [-0.2, -0.15) is 10.2 Å².